The number of aliphatic hydroxyl groups excluding tert-OH is 1. The number of nitrogens with zero attached hydrogens (tertiary/aromatic N) is 2. The van der Waals surface area contributed by atoms with Gasteiger partial charge in [0.25, 0.3) is 0 Å². The smallest absolute Gasteiger partial charge is 0.186 e. The maximum atomic E-state index is 9.23. The number of hydrogen-bond acceptors (Lipinski definition) is 4. The Morgan fingerprint density at radius 2 is 2.27 bits per heavy atom. The summed E-state index contributed by atoms with van der Waals surface area (Å²) in [7, 11) is 0. The minimum absolute atomic E-state index is 0.177. The highest BCUT2D eigenvalue weighted by Crippen LogP contribution is 2.32. The number of anilines is 1. The molecule has 1 fully saturated rings. The minimum atomic E-state index is -0.177. The van der Waals surface area contributed by atoms with Crippen LogP contribution in [0.25, 0.3) is 10.2 Å². The average Bonchev–Trinajstić information content (AvgIpc) is 2.55. The van der Waals surface area contributed by atoms with Gasteiger partial charge in [0.2, 0.25) is 0 Å². The van der Waals surface area contributed by atoms with Crippen molar-refractivity contribution < 1.29 is 5.11 Å². The molecule has 1 aromatic carbocycles. The van der Waals surface area contributed by atoms with Crippen molar-refractivity contribution in [2.75, 3.05) is 18.0 Å². The van der Waals surface area contributed by atoms with Crippen LogP contribution in [0.1, 0.15) is 0 Å². The van der Waals surface area contributed by atoms with Gasteiger partial charge in [-0.1, -0.05) is 27.3 Å². The van der Waals surface area contributed by atoms with E-state index in [1.165, 1.54) is 4.70 Å². The highest BCUT2D eigenvalue weighted by Gasteiger charge is 2.26. The Labute approximate surface area is 99.5 Å². The second kappa shape index (κ2) is 3.43. The first-order chi connectivity index (χ1) is 7.22. The van der Waals surface area contributed by atoms with Gasteiger partial charge in [0, 0.05) is 17.6 Å². The number of hydrogen-bond donors (Lipinski definition) is 1. The summed E-state index contributed by atoms with van der Waals surface area (Å²) >= 11 is 5.12. The van der Waals surface area contributed by atoms with Crippen LogP contribution in [0.5, 0.6) is 0 Å². The lowest BCUT2D eigenvalue weighted by Crippen LogP contribution is -2.50. The quantitative estimate of drug-likeness (QED) is 0.873. The van der Waals surface area contributed by atoms with Gasteiger partial charge in [0.05, 0.1) is 16.3 Å². The van der Waals surface area contributed by atoms with Crippen molar-refractivity contribution in [1.82, 2.24) is 4.98 Å². The number of halogens is 1. The molecular formula is C10H9BrN2OS. The van der Waals surface area contributed by atoms with E-state index in [9.17, 15) is 5.11 Å². The van der Waals surface area contributed by atoms with Crippen LogP contribution in [0.2, 0.25) is 0 Å². The molecule has 0 amide bonds. The van der Waals surface area contributed by atoms with Crippen LogP contribution < -0.4 is 4.90 Å². The number of rotatable bonds is 1. The average molecular weight is 285 g/mol. The van der Waals surface area contributed by atoms with Gasteiger partial charge in [0.15, 0.2) is 5.13 Å². The minimum Gasteiger partial charge on any atom is -0.389 e. The molecule has 2 aromatic rings. The highest BCUT2D eigenvalue weighted by atomic mass is 79.9. The summed E-state index contributed by atoms with van der Waals surface area (Å²) in [5.41, 5.74) is 1.03. The van der Waals surface area contributed by atoms with E-state index in [2.05, 4.69) is 31.9 Å². The molecule has 0 saturated carbocycles. The molecule has 1 aliphatic rings. The Morgan fingerprint density at radius 3 is 3.00 bits per heavy atom. The van der Waals surface area contributed by atoms with Crippen molar-refractivity contribution >= 4 is 42.6 Å². The normalized spacial score (nSPS) is 17.1. The summed E-state index contributed by atoms with van der Waals surface area (Å²) < 4.78 is 2.26. The van der Waals surface area contributed by atoms with Crippen LogP contribution in [0.4, 0.5) is 5.13 Å². The third-order valence-corrected chi connectivity index (χ3v) is 4.04. The molecule has 5 heteroatoms. The van der Waals surface area contributed by atoms with Gasteiger partial charge in [-0.2, -0.15) is 0 Å². The molecule has 1 N–H and O–H groups in total. The molecule has 1 saturated heterocycles. The highest BCUT2D eigenvalue weighted by molar-refractivity contribution is 9.10. The monoisotopic (exact) mass is 284 g/mol. The first kappa shape index (κ1) is 9.57. The van der Waals surface area contributed by atoms with E-state index in [1.54, 1.807) is 11.3 Å². The Morgan fingerprint density at radius 1 is 1.47 bits per heavy atom. The lowest BCUT2D eigenvalue weighted by Gasteiger charge is -2.35. The Kier molecular flexibility index (Phi) is 2.19. The molecule has 1 aromatic heterocycles. The summed E-state index contributed by atoms with van der Waals surface area (Å²) in [6, 6.07) is 6.08. The van der Waals surface area contributed by atoms with Gasteiger partial charge in [-0.25, -0.2) is 4.98 Å². The fraction of sp³-hybridized carbons (Fsp3) is 0.300. The molecule has 15 heavy (non-hydrogen) atoms. The molecule has 2 heterocycles. The summed E-state index contributed by atoms with van der Waals surface area (Å²) in [5.74, 6) is 0. The van der Waals surface area contributed by atoms with Crippen LogP contribution >= 0.6 is 27.3 Å². The SMILES string of the molecule is OC1CN(c2nc3ccc(Br)cc3s2)C1. The summed E-state index contributed by atoms with van der Waals surface area (Å²) in [5, 5.41) is 10.2. The lowest BCUT2D eigenvalue weighted by molar-refractivity contribution is 0.142. The van der Waals surface area contributed by atoms with Crippen LogP contribution in [-0.4, -0.2) is 29.3 Å². The topological polar surface area (TPSA) is 36.4 Å². The summed E-state index contributed by atoms with van der Waals surface area (Å²) in [6.45, 7) is 1.42. The lowest BCUT2D eigenvalue weighted by atomic mass is 10.2. The van der Waals surface area contributed by atoms with E-state index in [1.807, 2.05) is 12.1 Å². The molecular weight excluding hydrogens is 276 g/mol. The molecule has 1 aliphatic heterocycles. The van der Waals surface area contributed by atoms with Crippen molar-refractivity contribution in [2.45, 2.75) is 6.10 Å². The predicted octanol–water partition coefficient (Wildman–Crippen LogP) is 2.24. The standard InChI is InChI=1S/C10H9BrN2OS/c11-6-1-2-8-9(3-6)15-10(12-8)13-4-7(14)5-13/h1-3,7,14H,4-5H2. The first-order valence-electron chi connectivity index (χ1n) is 4.71. The van der Waals surface area contributed by atoms with E-state index in [0.717, 1.165) is 15.1 Å². The Hall–Kier alpha value is -0.650. The van der Waals surface area contributed by atoms with E-state index < -0.39 is 0 Å². The van der Waals surface area contributed by atoms with Crippen molar-refractivity contribution in [1.29, 1.82) is 0 Å². The van der Waals surface area contributed by atoms with Gasteiger partial charge >= 0.3 is 0 Å². The number of fused-ring (bicyclic) bond motifs is 1. The third kappa shape index (κ3) is 1.64. The van der Waals surface area contributed by atoms with Crippen molar-refractivity contribution in [3.8, 4) is 0 Å². The molecule has 3 nitrogen and oxygen atoms in total. The number of β-amino-alcohol motifs (C(OH)–C–C–N with tert-alkyl or cyclic N) is 1. The fourth-order valence-corrected chi connectivity index (χ4v) is 3.17. The Balaban J connectivity index is 1.99. The molecule has 0 aliphatic carbocycles. The van der Waals surface area contributed by atoms with Gasteiger partial charge in [-0.05, 0) is 18.2 Å². The molecule has 3 rings (SSSR count). The van der Waals surface area contributed by atoms with E-state index in [0.29, 0.717) is 13.1 Å². The number of aromatic nitrogens is 1. The molecule has 0 unspecified atom stereocenters. The van der Waals surface area contributed by atoms with Crippen LogP contribution in [0, 0.1) is 0 Å². The van der Waals surface area contributed by atoms with Crippen LogP contribution in [-0.2, 0) is 0 Å². The first-order valence-corrected chi connectivity index (χ1v) is 6.32. The molecule has 78 valence electrons. The zero-order valence-electron chi connectivity index (χ0n) is 7.85. The fourth-order valence-electron chi connectivity index (χ4n) is 1.63. The van der Waals surface area contributed by atoms with Crippen molar-refractivity contribution in [3.63, 3.8) is 0 Å². The van der Waals surface area contributed by atoms with Gasteiger partial charge in [-0.15, -0.1) is 0 Å². The zero-order valence-corrected chi connectivity index (χ0v) is 10.3. The molecule has 0 radical (unpaired) electrons. The predicted molar refractivity (Wildman–Crippen MR) is 65.5 cm³/mol. The maximum absolute atomic E-state index is 9.23. The molecule has 0 atom stereocenters. The van der Waals surface area contributed by atoms with Crippen molar-refractivity contribution in [3.05, 3.63) is 22.7 Å². The second-order valence-electron chi connectivity index (χ2n) is 3.67. The summed E-state index contributed by atoms with van der Waals surface area (Å²) in [4.78, 5) is 6.62. The largest absolute Gasteiger partial charge is 0.389 e. The van der Waals surface area contributed by atoms with E-state index in [4.69, 9.17) is 0 Å². The number of thiazole rings is 1. The second-order valence-corrected chi connectivity index (χ2v) is 5.59. The van der Waals surface area contributed by atoms with Crippen LogP contribution in [0.15, 0.2) is 22.7 Å². The van der Waals surface area contributed by atoms with Crippen molar-refractivity contribution in [2.24, 2.45) is 0 Å². The van der Waals surface area contributed by atoms with Gasteiger partial charge < -0.3 is 10.0 Å². The Bertz CT molecular complexity index is 507. The van der Waals surface area contributed by atoms with Gasteiger partial charge in [0.1, 0.15) is 0 Å². The van der Waals surface area contributed by atoms with Gasteiger partial charge in [-0.3, -0.25) is 0 Å². The zero-order chi connectivity index (χ0) is 10.4. The van der Waals surface area contributed by atoms with E-state index >= 15 is 0 Å². The van der Waals surface area contributed by atoms with Crippen LogP contribution in [0.3, 0.4) is 0 Å². The van der Waals surface area contributed by atoms with E-state index in [-0.39, 0.29) is 6.10 Å². The number of aliphatic hydroxyl groups is 1. The molecule has 0 spiro atoms. The summed E-state index contributed by atoms with van der Waals surface area (Å²) in [6.07, 6.45) is -0.177. The third-order valence-electron chi connectivity index (χ3n) is 2.47. The number of benzene rings is 1. The maximum Gasteiger partial charge on any atom is 0.186 e. The molecule has 0 bridgehead atoms.